The summed E-state index contributed by atoms with van der Waals surface area (Å²) in [5.74, 6) is 0.677. The second kappa shape index (κ2) is 7.55. The number of hydrogen-bond donors (Lipinski definition) is 1. The minimum Gasteiger partial charge on any atom is -0.488 e. The Bertz CT molecular complexity index is 1010. The maximum atomic E-state index is 12.3. The van der Waals surface area contributed by atoms with E-state index in [2.05, 4.69) is 30.0 Å². The fourth-order valence-corrected chi connectivity index (χ4v) is 3.15. The van der Waals surface area contributed by atoms with E-state index in [9.17, 15) is 4.79 Å². The molecule has 0 saturated heterocycles. The number of thiol groups is 1. The Labute approximate surface area is 161 Å². The highest BCUT2D eigenvalue weighted by atomic mass is 35.5. The first-order valence-corrected chi connectivity index (χ1v) is 8.97. The standard InChI is InChI=1S/C18H19ClN4O2S/c1-4-12-6-5-7-15(23-18(24)22(3)20-21-23)13(12)10-25-16-9-14(19)17(26)8-11(16)2/h5-9,26H,4,10H2,1-3H3. The van der Waals surface area contributed by atoms with Crippen molar-refractivity contribution in [2.75, 3.05) is 0 Å². The molecule has 26 heavy (non-hydrogen) atoms. The molecule has 3 rings (SSSR count). The molecule has 1 aromatic heterocycles. The Morgan fingerprint density at radius 3 is 2.69 bits per heavy atom. The molecule has 0 bridgehead atoms. The van der Waals surface area contributed by atoms with Crippen LogP contribution < -0.4 is 10.4 Å². The molecule has 2 aromatic carbocycles. The first kappa shape index (κ1) is 18.5. The van der Waals surface area contributed by atoms with Crippen molar-refractivity contribution >= 4 is 24.2 Å². The first-order valence-electron chi connectivity index (χ1n) is 8.14. The third kappa shape index (κ3) is 3.50. The van der Waals surface area contributed by atoms with Crippen LogP contribution in [-0.2, 0) is 20.1 Å². The van der Waals surface area contributed by atoms with Crippen molar-refractivity contribution < 1.29 is 4.74 Å². The number of benzene rings is 2. The molecule has 0 amide bonds. The summed E-state index contributed by atoms with van der Waals surface area (Å²) in [6.45, 7) is 4.27. The van der Waals surface area contributed by atoms with Crippen LogP contribution in [0.4, 0.5) is 0 Å². The van der Waals surface area contributed by atoms with Gasteiger partial charge in [0.05, 0.1) is 10.7 Å². The highest BCUT2D eigenvalue weighted by Crippen LogP contribution is 2.30. The van der Waals surface area contributed by atoms with E-state index in [4.69, 9.17) is 16.3 Å². The summed E-state index contributed by atoms with van der Waals surface area (Å²) in [6, 6.07) is 9.37. The van der Waals surface area contributed by atoms with Crippen molar-refractivity contribution in [2.45, 2.75) is 31.8 Å². The number of aromatic nitrogens is 4. The van der Waals surface area contributed by atoms with Crippen LogP contribution in [0.3, 0.4) is 0 Å². The average molecular weight is 391 g/mol. The van der Waals surface area contributed by atoms with E-state index in [0.29, 0.717) is 21.4 Å². The van der Waals surface area contributed by atoms with Crippen LogP contribution in [0.1, 0.15) is 23.6 Å². The van der Waals surface area contributed by atoms with Crippen molar-refractivity contribution in [3.8, 4) is 11.4 Å². The quantitative estimate of drug-likeness (QED) is 0.678. The highest BCUT2D eigenvalue weighted by molar-refractivity contribution is 7.80. The molecule has 0 spiro atoms. The van der Waals surface area contributed by atoms with Gasteiger partial charge in [0, 0.05) is 23.6 Å². The molecule has 0 N–H and O–H groups in total. The molecular weight excluding hydrogens is 372 g/mol. The van der Waals surface area contributed by atoms with Crippen LogP contribution in [0.2, 0.25) is 5.02 Å². The Balaban J connectivity index is 2.01. The van der Waals surface area contributed by atoms with Gasteiger partial charge in [-0.3, -0.25) is 0 Å². The Kier molecular flexibility index (Phi) is 5.38. The number of tetrazole rings is 1. The van der Waals surface area contributed by atoms with Crippen molar-refractivity contribution in [3.63, 3.8) is 0 Å². The molecule has 0 atom stereocenters. The normalized spacial score (nSPS) is 11.0. The number of nitrogens with zero attached hydrogens (tertiary/aromatic N) is 4. The average Bonchev–Trinajstić information content (AvgIpc) is 2.95. The van der Waals surface area contributed by atoms with Gasteiger partial charge in [-0.05, 0) is 47.0 Å². The lowest BCUT2D eigenvalue weighted by molar-refractivity contribution is 0.302. The number of aryl methyl sites for hydroxylation is 3. The lowest BCUT2D eigenvalue weighted by atomic mass is 10.0. The minimum absolute atomic E-state index is 0.283. The molecular formula is C18H19ClN4O2S. The molecule has 8 heteroatoms. The van der Waals surface area contributed by atoms with E-state index in [1.165, 1.54) is 9.36 Å². The number of rotatable bonds is 5. The minimum atomic E-state index is -0.307. The second-order valence-electron chi connectivity index (χ2n) is 5.92. The molecule has 0 unspecified atom stereocenters. The maximum absolute atomic E-state index is 12.3. The summed E-state index contributed by atoms with van der Waals surface area (Å²) in [7, 11) is 1.57. The van der Waals surface area contributed by atoms with Gasteiger partial charge >= 0.3 is 5.69 Å². The van der Waals surface area contributed by atoms with Gasteiger partial charge in [0.15, 0.2) is 0 Å². The van der Waals surface area contributed by atoms with Gasteiger partial charge in [0.1, 0.15) is 12.4 Å². The number of hydrogen-bond acceptors (Lipinski definition) is 5. The van der Waals surface area contributed by atoms with Crippen molar-refractivity contribution in [1.29, 1.82) is 0 Å². The molecule has 1 heterocycles. The Morgan fingerprint density at radius 2 is 2.04 bits per heavy atom. The topological polar surface area (TPSA) is 61.9 Å². The van der Waals surface area contributed by atoms with Crippen LogP contribution in [0.25, 0.3) is 5.69 Å². The van der Waals surface area contributed by atoms with Crippen molar-refractivity contribution in [2.24, 2.45) is 7.05 Å². The molecule has 0 aliphatic heterocycles. The summed E-state index contributed by atoms with van der Waals surface area (Å²) < 4.78 is 8.50. The summed E-state index contributed by atoms with van der Waals surface area (Å²) >= 11 is 10.5. The zero-order valence-corrected chi connectivity index (χ0v) is 16.4. The fourth-order valence-electron chi connectivity index (χ4n) is 2.74. The molecule has 0 radical (unpaired) electrons. The van der Waals surface area contributed by atoms with Crippen LogP contribution in [-0.4, -0.2) is 19.8 Å². The summed E-state index contributed by atoms with van der Waals surface area (Å²) in [5.41, 5.74) is 3.26. The summed E-state index contributed by atoms with van der Waals surface area (Å²) in [5, 5.41) is 8.27. The summed E-state index contributed by atoms with van der Waals surface area (Å²) in [4.78, 5) is 13.0. The van der Waals surface area contributed by atoms with Gasteiger partial charge in [0.25, 0.3) is 0 Å². The Hall–Kier alpha value is -2.25. The van der Waals surface area contributed by atoms with E-state index < -0.39 is 0 Å². The van der Waals surface area contributed by atoms with Gasteiger partial charge in [-0.1, -0.05) is 30.7 Å². The first-order chi connectivity index (χ1) is 12.4. The van der Waals surface area contributed by atoms with Gasteiger partial charge in [-0.2, -0.15) is 9.36 Å². The molecule has 0 aliphatic carbocycles. The lowest BCUT2D eigenvalue weighted by Gasteiger charge is -2.16. The van der Waals surface area contributed by atoms with E-state index in [-0.39, 0.29) is 12.3 Å². The molecule has 0 saturated carbocycles. The fraction of sp³-hybridized carbons (Fsp3) is 0.278. The van der Waals surface area contributed by atoms with Crippen LogP contribution in [0.15, 0.2) is 40.0 Å². The maximum Gasteiger partial charge on any atom is 0.368 e. The number of ether oxygens (including phenoxy) is 1. The highest BCUT2D eigenvalue weighted by Gasteiger charge is 2.15. The van der Waals surface area contributed by atoms with Crippen molar-refractivity contribution in [3.05, 3.63) is 62.5 Å². The predicted octanol–water partition coefficient (Wildman–Crippen LogP) is 3.36. The molecule has 3 aromatic rings. The van der Waals surface area contributed by atoms with Crippen LogP contribution in [0.5, 0.6) is 5.75 Å². The smallest absolute Gasteiger partial charge is 0.368 e. The van der Waals surface area contributed by atoms with Crippen LogP contribution in [0, 0.1) is 6.92 Å². The second-order valence-corrected chi connectivity index (χ2v) is 6.81. The third-order valence-electron chi connectivity index (χ3n) is 4.20. The third-order valence-corrected chi connectivity index (χ3v) is 5.01. The largest absolute Gasteiger partial charge is 0.488 e. The van der Waals surface area contributed by atoms with Crippen molar-refractivity contribution in [1.82, 2.24) is 19.8 Å². The van der Waals surface area contributed by atoms with E-state index >= 15 is 0 Å². The molecule has 0 fully saturated rings. The van der Waals surface area contributed by atoms with Gasteiger partial charge in [-0.15, -0.1) is 12.6 Å². The van der Waals surface area contributed by atoms with E-state index in [0.717, 1.165) is 23.1 Å². The van der Waals surface area contributed by atoms with Gasteiger partial charge < -0.3 is 4.74 Å². The summed E-state index contributed by atoms with van der Waals surface area (Å²) in [6.07, 6.45) is 0.802. The van der Waals surface area contributed by atoms with E-state index in [1.807, 2.05) is 31.2 Å². The monoisotopic (exact) mass is 390 g/mol. The van der Waals surface area contributed by atoms with Crippen LogP contribution >= 0.6 is 24.2 Å². The molecule has 0 aliphatic rings. The SMILES string of the molecule is CCc1cccc(-n2nnn(C)c2=O)c1COc1cc(Cl)c(S)cc1C. The Morgan fingerprint density at radius 1 is 1.27 bits per heavy atom. The zero-order chi connectivity index (χ0) is 18.8. The van der Waals surface area contributed by atoms with Gasteiger partial charge in [0.2, 0.25) is 0 Å². The molecule has 136 valence electrons. The zero-order valence-electron chi connectivity index (χ0n) is 14.7. The van der Waals surface area contributed by atoms with Gasteiger partial charge in [-0.25, -0.2) is 4.79 Å². The molecule has 6 nitrogen and oxygen atoms in total. The number of halogens is 1. The lowest BCUT2D eigenvalue weighted by Crippen LogP contribution is -2.23. The van der Waals surface area contributed by atoms with E-state index in [1.54, 1.807) is 13.1 Å². The predicted molar refractivity (Wildman–Crippen MR) is 104 cm³/mol.